The monoisotopic (exact) mass is 263 g/mol. The number of hydrogen-bond acceptors (Lipinski definition) is 4. The summed E-state index contributed by atoms with van der Waals surface area (Å²) in [6.45, 7) is 6.29. The van der Waals surface area contributed by atoms with Crippen molar-refractivity contribution in [1.29, 1.82) is 0 Å². The predicted molar refractivity (Wildman–Crippen MR) is 73.9 cm³/mol. The predicted octanol–water partition coefficient (Wildman–Crippen LogP) is 1.63. The van der Waals surface area contributed by atoms with Crippen LogP contribution in [-0.4, -0.2) is 48.0 Å². The van der Waals surface area contributed by atoms with Crippen LogP contribution in [0.5, 0.6) is 0 Å². The molecular formula is C14H21N3S. The molecule has 3 heterocycles. The van der Waals surface area contributed by atoms with Gasteiger partial charge in [-0.05, 0) is 38.1 Å². The van der Waals surface area contributed by atoms with Gasteiger partial charge in [0.2, 0.25) is 0 Å². The molecule has 0 N–H and O–H groups in total. The summed E-state index contributed by atoms with van der Waals surface area (Å²) in [6.07, 6.45) is 3.83. The highest BCUT2D eigenvalue weighted by Crippen LogP contribution is 2.33. The van der Waals surface area contributed by atoms with Gasteiger partial charge in [0.1, 0.15) is 5.01 Å². The number of likely N-dealkylation sites (tertiary alicyclic amines) is 2. The Morgan fingerprint density at radius 3 is 2.67 bits per heavy atom. The molecule has 0 radical (unpaired) electrons. The van der Waals surface area contributed by atoms with Crippen molar-refractivity contribution in [3.8, 4) is 0 Å². The largest absolute Gasteiger partial charge is 0.306 e. The van der Waals surface area contributed by atoms with Gasteiger partial charge < -0.3 is 4.90 Å². The number of nitrogens with zero attached hydrogens (tertiary/aromatic N) is 3. The smallest absolute Gasteiger partial charge is 0.107 e. The van der Waals surface area contributed by atoms with E-state index in [9.17, 15) is 0 Å². The molecule has 1 aromatic rings. The maximum atomic E-state index is 4.83. The van der Waals surface area contributed by atoms with Gasteiger partial charge in [-0.15, -0.1) is 11.3 Å². The lowest BCUT2D eigenvalue weighted by atomic mass is 10.0. The van der Waals surface area contributed by atoms with E-state index in [1.54, 1.807) is 4.88 Å². The fourth-order valence-electron chi connectivity index (χ4n) is 3.96. The molecule has 18 heavy (non-hydrogen) atoms. The van der Waals surface area contributed by atoms with Crippen LogP contribution in [0.3, 0.4) is 0 Å². The number of rotatable bonds is 2. The summed E-state index contributed by atoms with van der Waals surface area (Å²) >= 11 is 1.97. The lowest BCUT2D eigenvalue weighted by Gasteiger charge is -2.17. The first-order valence-electron chi connectivity index (χ1n) is 7.16. The summed E-state index contributed by atoms with van der Waals surface area (Å²) < 4.78 is 0. The van der Waals surface area contributed by atoms with Gasteiger partial charge in [-0.3, -0.25) is 4.90 Å². The van der Waals surface area contributed by atoms with Crippen molar-refractivity contribution in [2.24, 2.45) is 11.8 Å². The first-order valence-corrected chi connectivity index (χ1v) is 7.98. The number of hydrogen-bond donors (Lipinski definition) is 0. The summed E-state index contributed by atoms with van der Waals surface area (Å²) in [5.41, 5.74) is 1.41. The van der Waals surface area contributed by atoms with Crippen LogP contribution in [0.25, 0.3) is 0 Å². The van der Waals surface area contributed by atoms with Crippen molar-refractivity contribution in [2.45, 2.75) is 25.8 Å². The molecule has 2 saturated heterocycles. The molecule has 1 aromatic heterocycles. The van der Waals surface area contributed by atoms with Crippen LogP contribution in [0, 0.1) is 11.8 Å². The number of fused-ring (bicyclic) bond motifs is 2. The van der Waals surface area contributed by atoms with Crippen LogP contribution in [0.4, 0.5) is 0 Å². The van der Waals surface area contributed by atoms with Crippen LogP contribution in [0.2, 0.25) is 0 Å². The van der Waals surface area contributed by atoms with Gasteiger partial charge in [0.15, 0.2) is 0 Å². The fourth-order valence-corrected chi connectivity index (χ4v) is 5.16. The molecule has 0 amide bonds. The third-order valence-corrected chi connectivity index (χ3v) is 5.89. The minimum atomic E-state index is 0.918. The lowest BCUT2D eigenvalue weighted by molar-refractivity contribution is 0.272. The van der Waals surface area contributed by atoms with Crippen molar-refractivity contribution < 1.29 is 0 Å². The molecule has 2 unspecified atom stereocenters. The molecule has 4 heteroatoms. The molecule has 3 nitrogen and oxygen atoms in total. The van der Waals surface area contributed by atoms with E-state index in [4.69, 9.17) is 4.98 Å². The van der Waals surface area contributed by atoms with Gasteiger partial charge in [0.05, 0.1) is 12.2 Å². The average Bonchev–Trinajstić information content (AvgIpc) is 2.96. The molecular weight excluding hydrogens is 242 g/mol. The quantitative estimate of drug-likeness (QED) is 0.808. The summed E-state index contributed by atoms with van der Waals surface area (Å²) in [7, 11) is 2.26. The molecule has 2 atom stereocenters. The minimum absolute atomic E-state index is 0.918. The second kappa shape index (κ2) is 4.29. The van der Waals surface area contributed by atoms with E-state index in [0.29, 0.717) is 0 Å². The number of aryl methyl sites for hydroxylation is 2. The van der Waals surface area contributed by atoms with E-state index < -0.39 is 0 Å². The molecule has 0 aromatic carbocycles. The topological polar surface area (TPSA) is 19.4 Å². The van der Waals surface area contributed by atoms with Crippen molar-refractivity contribution in [3.05, 3.63) is 15.6 Å². The highest BCUT2D eigenvalue weighted by Gasteiger charge is 2.38. The normalized spacial score (nSPS) is 32.1. The van der Waals surface area contributed by atoms with Crippen molar-refractivity contribution >= 4 is 11.3 Å². The number of thiazole rings is 1. The van der Waals surface area contributed by atoms with E-state index in [0.717, 1.165) is 18.4 Å². The van der Waals surface area contributed by atoms with Crippen molar-refractivity contribution in [3.63, 3.8) is 0 Å². The first-order chi connectivity index (χ1) is 8.78. The minimum Gasteiger partial charge on any atom is -0.306 e. The standard InChI is InChI=1S/C14H21N3S/c1-16-5-10-7-17(8-11(10)6-16)9-14-15-12-3-2-4-13(12)18-14/h10-11H,2-9H2,1H3. The average molecular weight is 263 g/mol. The zero-order chi connectivity index (χ0) is 12.1. The Hall–Kier alpha value is -0.450. The van der Waals surface area contributed by atoms with Gasteiger partial charge in [0.25, 0.3) is 0 Å². The molecule has 0 spiro atoms. The van der Waals surface area contributed by atoms with E-state index in [1.165, 1.54) is 56.1 Å². The Labute approximate surface area is 113 Å². The third kappa shape index (κ3) is 1.91. The van der Waals surface area contributed by atoms with Gasteiger partial charge in [-0.1, -0.05) is 0 Å². The molecule has 2 fully saturated rings. The Bertz CT molecular complexity index is 420. The summed E-state index contributed by atoms with van der Waals surface area (Å²) in [5, 5.41) is 1.37. The molecule has 1 aliphatic carbocycles. The highest BCUT2D eigenvalue weighted by molar-refractivity contribution is 7.11. The van der Waals surface area contributed by atoms with Crippen LogP contribution in [-0.2, 0) is 19.4 Å². The van der Waals surface area contributed by atoms with Crippen LogP contribution in [0.1, 0.15) is 22.0 Å². The molecule has 0 bridgehead atoms. The molecule has 0 saturated carbocycles. The SMILES string of the molecule is CN1CC2CN(Cc3nc4c(s3)CCC4)CC2C1. The van der Waals surface area contributed by atoms with Gasteiger partial charge in [-0.2, -0.15) is 0 Å². The summed E-state index contributed by atoms with van der Waals surface area (Å²) in [4.78, 5) is 11.5. The molecule has 3 aliphatic rings. The van der Waals surface area contributed by atoms with Gasteiger partial charge in [-0.25, -0.2) is 4.98 Å². The lowest BCUT2D eigenvalue weighted by Crippen LogP contribution is -2.26. The summed E-state index contributed by atoms with van der Waals surface area (Å²) in [6, 6.07) is 0. The van der Waals surface area contributed by atoms with Gasteiger partial charge >= 0.3 is 0 Å². The fraction of sp³-hybridized carbons (Fsp3) is 0.786. The first kappa shape index (κ1) is 11.4. The second-order valence-corrected chi connectivity index (χ2v) is 7.43. The van der Waals surface area contributed by atoms with Crippen LogP contribution >= 0.6 is 11.3 Å². The zero-order valence-corrected chi connectivity index (χ0v) is 11.9. The third-order valence-electron chi connectivity index (χ3n) is 4.74. The van der Waals surface area contributed by atoms with Crippen LogP contribution in [0.15, 0.2) is 0 Å². The van der Waals surface area contributed by atoms with Crippen molar-refractivity contribution in [1.82, 2.24) is 14.8 Å². The molecule has 98 valence electrons. The molecule has 2 aliphatic heterocycles. The Morgan fingerprint density at radius 2 is 1.94 bits per heavy atom. The van der Waals surface area contributed by atoms with Crippen LogP contribution < -0.4 is 0 Å². The maximum Gasteiger partial charge on any atom is 0.107 e. The Morgan fingerprint density at radius 1 is 1.17 bits per heavy atom. The van der Waals surface area contributed by atoms with E-state index in [-0.39, 0.29) is 0 Å². The van der Waals surface area contributed by atoms with E-state index in [2.05, 4.69) is 16.8 Å². The second-order valence-electron chi connectivity index (χ2n) is 6.27. The van der Waals surface area contributed by atoms with Crippen molar-refractivity contribution in [2.75, 3.05) is 33.2 Å². The number of aromatic nitrogens is 1. The Kier molecular flexibility index (Phi) is 2.71. The summed E-state index contributed by atoms with van der Waals surface area (Å²) in [5.74, 6) is 1.84. The highest BCUT2D eigenvalue weighted by atomic mass is 32.1. The van der Waals surface area contributed by atoms with E-state index >= 15 is 0 Å². The maximum absolute atomic E-state index is 4.83. The Balaban J connectivity index is 1.41. The molecule has 4 rings (SSSR count). The zero-order valence-electron chi connectivity index (χ0n) is 11.1. The van der Waals surface area contributed by atoms with Gasteiger partial charge in [0, 0.05) is 31.1 Å². The van der Waals surface area contributed by atoms with E-state index in [1.807, 2.05) is 11.3 Å².